The predicted octanol–water partition coefficient (Wildman–Crippen LogP) is 4.82. The third kappa shape index (κ3) is 4.08. The van der Waals surface area contributed by atoms with Gasteiger partial charge in [-0.3, -0.25) is 0 Å². The Kier molecular flexibility index (Phi) is 4.90. The molecule has 0 spiro atoms. The molecule has 28 heavy (non-hydrogen) atoms. The van der Waals surface area contributed by atoms with Gasteiger partial charge in [0.15, 0.2) is 5.69 Å². The van der Waals surface area contributed by atoms with Gasteiger partial charge < -0.3 is 9.64 Å². The maximum atomic E-state index is 12.6. The van der Waals surface area contributed by atoms with Gasteiger partial charge in [-0.25, -0.2) is 0 Å². The maximum absolute atomic E-state index is 12.6. The molecule has 0 bridgehead atoms. The van der Waals surface area contributed by atoms with Crippen molar-refractivity contribution in [3.63, 3.8) is 0 Å². The molecule has 1 atom stereocenters. The number of anilines is 1. The zero-order valence-electron chi connectivity index (χ0n) is 14.9. The number of ether oxygens (including phenoxy) is 1. The third-order valence-corrected chi connectivity index (χ3v) is 4.70. The molecular weight excluding hydrogens is 367 g/mol. The highest BCUT2D eigenvalue weighted by molar-refractivity contribution is 5.66. The Morgan fingerprint density at radius 2 is 1.57 bits per heavy atom. The lowest BCUT2D eigenvalue weighted by Crippen LogP contribution is -2.24. The standard InChI is InChI=1S/C21H18F3N3O/c22-21(23,24)19-10-11-20(26-25-19)28-18-12-13-27(14-18)17-8-6-16(7-9-17)15-4-2-1-3-5-15/h1-11,18H,12-14H2/t18-/m0/s1. The summed E-state index contributed by atoms with van der Waals surface area (Å²) in [5, 5.41) is 6.73. The van der Waals surface area contributed by atoms with E-state index in [1.54, 1.807) is 0 Å². The molecule has 0 aliphatic carbocycles. The van der Waals surface area contributed by atoms with E-state index < -0.39 is 11.9 Å². The molecule has 0 N–H and O–H groups in total. The lowest BCUT2D eigenvalue weighted by molar-refractivity contribution is -0.141. The fraction of sp³-hybridized carbons (Fsp3) is 0.238. The largest absolute Gasteiger partial charge is 0.471 e. The van der Waals surface area contributed by atoms with Gasteiger partial charge in [0.1, 0.15) is 6.10 Å². The second-order valence-corrected chi connectivity index (χ2v) is 6.64. The number of hydrogen-bond acceptors (Lipinski definition) is 4. The van der Waals surface area contributed by atoms with E-state index in [0.717, 1.165) is 35.8 Å². The quantitative estimate of drug-likeness (QED) is 0.645. The monoisotopic (exact) mass is 385 g/mol. The molecule has 144 valence electrons. The first-order chi connectivity index (χ1) is 13.5. The van der Waals surface area contributed by atoms with Gasteiger partial charge in [-0.05, 0) is 29.3 Å². The molecule has 1 saturated heterocycles. The van der Waals surface area contributed by atoms with Gasteiger partial charge in [0.25, 0.3) is 0 Å². The van der Waals surface area contributed by atoms with Crippen molar-refractivity contribution < 1.29 is 17.9 Å². The number of aromatic nitrogens is 2. The molecule has 1 aromatic heterocycles. The Morgan fingerprint density at radius 1 is 0.857 bits per heavy atom. The molecule has 1 fully saturated rings. The van der Waals surface area contributed by atoms with Gasteiger partial charge in [-0.15, -0.1) is 10.2 Å². The Hall–Kier alpha value is -3.09. The zero-order chi connectivity index (χ0) is 19.6. The maximum Gasteiger partial charge on any atom is 0.435 e. The van der Waals surface area contributed by atoms with Crippen molar-refractivity contribution in [3.8, 4) is 17.0 Å². The number of halogens is 3. The van der Waals surface area contributed by atoms with Crippen LogP contribution in [-0.4, -0.2) is 29.4 Å². The van der Waals surface area contributed by atoms with E-state index in [-0.39, 0.29) is 12.0 Å². The summed E-state index contributed by atoms with van der Waals surface area (Å²) in [6.45, 7) is 1.46. The van der Waals surface area contributed by atoms with Crippen molar-refractivity contribution in [2.75, 3.05) is 18.0 Å². The highest BCUT2D eigenvalue weighted by atomic mass is 19.4. The number of nitrogens with zero attached hydrogens (tertiary/aromatic N) is 3. The molecule has 4 nitrogen and oxygen atoms in total. The van der Waals surface area contributed by atoms with E-state index in [2.05, 4.69) is 51.5 Å². The van der Waals surface area contributed by atoms with Crippen molar-refractivity contribution in [2.24, 2.45) is 0 Å². The van der Waals surface area contributed by atoms with Crippen molar-refractivity contribution in [1.82, 2.24) is 10.2 Å². The smallest absolute Gasteiger partial charge is 0.435 e. The first-order valence-electron chi connectivity index (χ1n) is 8.97. The van der Waals surface area contributed by atoms with Gasteiger partial charge in [0.05, 0.1) is 6.54 Å². The third-order valence-electron chi connectivity index (χ3n) is 4.70. The van der Waals surface area contributed by atoms with Gasteiger partial charge in [-0.1, -0.05) is 42.5 Å². The first-order valence-corrected chi connectivity index (χ1v) is 8.97. The SMILES string of the molecule is FC(F)(F)c1ccc(O[C@H]2CCN(c3ccc(-c4ccccc4)cc3)C2)nn1. The fourth-order valence-corrected chi connectivity index (χ4v) is 3.26. The summed E-state index contributed by atoms with van der Waals surface area (Å²) < 4.78 is 43.4. The van der Waals surface area contributed by atoms with Gasteiger partial charge in [0.2, 0.25) is 5.88 Å². The summed E-state index contributed by atoms with van der Waals surface area (Å²) in [5.41, 5.74) is 2.38. The van der Waals surface area contributed by atoms with Gasteiger partial charge in [0, 0.05) is 24.7 Å². The molecule has 1 aliphatic rings. The highest BCUT2D eigenvalue weighted by Gasteiger charge is 2.33. The Bertz CT molecular complexity index is 912. The number of benzene rings is 2. The van der Waals surface area contributed by atoms with Gasteiger partial charge >= 0.3 is 6.18 Å². The Balaban J connectivity index is 1.37. The van der Waals surface area contributed by atoms with Crippen molar-refractivity contribution in [3.05, 3.63) is 72.4 Å². The van der Waals surface area contributed by atoms with E-state index in [0.29, 0.717) is 6.54 Å². The van der Waals surface area contributed by atoms with E-state index in [1.807, 2.05) is 18.2 Å². The van der Waals surface area contributed by atoms with Crippen LogP contribution < -0.4 is 9.64 Å². The molecule has 2 aromatic carbocycles. The first kappa shape index (κ1) is 18.3. The number of hydrogen-bond donors (Lipinski definition) is 0. The van der Waals surface area contributed by atoms with E-state index in [4.69, 9.17) is 4.74 Å². The molecule has 7 heteroatoms. The molecule has 0 amide bonds. The summed E-state index contributed by atoms with van der Waals surface area (Å²) in [6, 6.07) is 20.6. The van der Waals surface area contributed by atoms with Crippen LogP contribution in [0.2, 0.25) is 0 Å². The minimum atomic E-state index is -4.50. The van der Waals surface area contributed by atoms with Crippen LogP contribution in [0.15, 0.2) is 66.7 Å². The van der Waals surface area contributed by atoms with Crippen LogP contribution >= 0.6 is 0 Å². The molecule has 0 radical (unpaired) electrons. The van der Waals surface area contributed by atoms with Crippen LogP contribution in [0.5, 0.6) is 5.88 Å². The molecule has 3 aromatic rings. The lowest BCUT2D eigenvalue weighted by Gasteiger charge is -2.19. The second-order valence-electron chi connectivity index (χ2n) is 6.64. The average molecular weight is 385 g/mol. The summed E-state index contributed by atoms with van der Waals surface area (Å²) in [7, 11) is 0. The lowest BCUT2D eigenvalue weighted by atomic mass is 10.1. The Labute approximate surface area is 160 Å². The topological polar surface area (TPSA) is 38.2 Å². The Morgan fingerprint density at radius 3 is 2.21 bits per heavy atom. The summed E-state index contributed by atoms with van der Waals surface area (Å²) in [4.78, 5) is 2.19. The normalized spacial score (nSPS) is 17.0. The number of rotatable bonds is 4. The van der Waals surface area contributed by atoms with E-state index >= 15 is 0 Å². The van der Waals surface area contributed by atoms with Crippen LogP contribution in [0.3, 0.4) is 0 Å². The van der Waals surface area contributed by atoms with Crippen LogP contribution in [-0.2, 0) is 6.18 Å². The van der Waals surface area contributed by atoms with Crippen LogP contribution in [0.25, 0.3) is 11.1 Å². The average Bonchev–Trinajstić information content (AvgIpc) is 3.17. The summed E-state index contributed by atoms with van der Waals surface area (Å²) in [6.07, 6.45) is -3.87. The fourth-order valence-electron chi connectivity index (χ4n) is 3.26. The minimum absolute atomic E-state index is 0.110. The predicted molar refractivity (Wildman–Crippen MR) is 100 cm³/mol. The molecule has 4 rings (SSSR count). The van der Waals surface area contributed by atoms with E-state index in [1.165, 1.54) is 6.07 Å². The summed E-state index contributed by atoms with van der Waals surface area (Å²) in [5.74, 6) is 0.110. The minimum Gasteiger partial charge on any atom is -0.471 e. The molecule has 1 aliphatic heterocycles. The van der Waals surface area contributed by atoms with Gasteiger partial charge in [-0.2, -0.15) is 13.2 Å². The summed E-state index contributed by atoms with van der Waals surface area (Å²) >= 11 is 0. The van der Waals surface area contributed by atoms with Crippen LogP contribution in [0.4, 0.5) is 18.9 Å². The van der Waals surface area contributed by atoms with E-state index in [9.17, 15) is 13.2 Å². The molecular formula is C21H18F3N3O. The van der Waals surface area contributed by atoms with Crippen LogP contribution in [0.1, 0.15) is 12.1 Å². The number of alkyl halides is 3. The van der Waals surface area contributed by atoms with Crippen molar-refractivity contribution >= 4 is 5.69 Å². The molecule has 0 unspecified atom stereocenters. The molecule has 0 saturated carbocycles. The highest BCUT2D eigenvalue weighted by Crippen LogP contribution is 2.29. The van der Waals surface area contributed by atoms with Crippen LogP contribution in [0, 0.1) is 0 Å². The van der Waals surface area contributed by atoms with Crippen molar-refractivity contribution in [2.45, 2.75) is 18.7 Å². The second kappa shape index (κ2) is 7.50. The van der Waals surface area contributed by atoms with Crippen molar-refractivity contribution in [1.29, 1.82) is 0 Å². The molecule has 2 heterocycles. The zero-order valence-corrected chi connectivity index (χ0v) is 14.9.